The molecule has 1 aliphatic carbocycles. The van der Waals surface area contributed by atoms with Crippen LogP contribution in [0.4, 0.5) is 0 Å². The standard InChI is InChI=1S/C13H14ClN3O3S/c14-11-7-9(8-15)1-4-12(11)21(19,20)17-6-5-16-13(18)10-2-3-10/h1,4,7,10,17H,2-3,5-6H2,(H,16,18). The van der Waals surface area contributed by atoms with E-state index in [2.05, 4.69) is 10.0 Å². The summed E-state index contributed by atoms with van der Waals surface area (Å²) < 4.78 is 26.5. The first kappa shape index (κ1) is 15.8. The number of nitrogens with zero attached hydrogens (tertiary/aromatic N) is 1. The average molecular weight is 328 g/mol. The summed E-state index contributed by atoms with van der Waals surface area (Å²) in [6, 6.07) is 5.85. The summed E-state index contributed by atoms with van der Waals surface area (Å²) in [5.74, 6) is 0.0557. The average Bonchev–Trinajstić information content (AvgIpc) is 3.27. The Morgan fingerprint density at radius 1 is 1.38 bits per heavy atom. The third-order valence-corrected chi connectivity index (χ3v) is 4.96. The predicted molar refractivity (Wildman–Crippen MR) is 77.1 cm³/mol. The van der Waals surface area contributed by atoms with Gasteiger partial charge in [0.1, 0.15) is 4.90 Å². The van der Waals surface area contributed by atoms with Gasteiger partial charge in [-0.15, -0.1) is 0 Å². The molecule has 1 fully saturated rings. The molecule has 0 saturated heterocycles. The monoisotopic (exact) mass is 327 g/mol. The van der Waals surface area contributed by atoms with Crippen LogP contribution in [0.2, 0.25) is 5.02 Å². The topological polar surface area (TPSA) is 99.1 Å². The van der Waals surface area contributed by atoms with Gasteiger partial charge in [-0.25, -0.2) is 13.1 Å². The highest BCUT2D eigenvalue weighted by Crippen LogP contribution is 2.28. The minimum atomic E-state index is -3.76. The van der Waals surface area contributed by atoms with Crippen molar-refractivity contribution >= 4 is 27.5 Å². The number of benzene rings is 1. The Balaban J connectivity index is 1.92. The molecule has 112 valence electrons. The lowest BCUT2D eigenvalue weighted by Crippen LogP contribution is -2.35. The van der Waals surface area contributed by atoms with Crippen LogP contribution in [0.5, 0.6) is 0 Å². The van der Waals surface area contributed by atoms with Crippen LogP contribution in [0.15, 0.2) is 23.1 Å². The molecule has 8 heteroatoms. The maximum atomic E-state index is 12.1. The smallest absolute Gasteiger partial charge is 0.242 e. The number of rotatable bonds is 6. The Morgan fingerprint density at radius 2 is 2.10 bits per heavy atom. The Hall–Kier alpha value is -1.62. The number of nitrogens with one attached hydrogen (secondary N) is 2. The van der Waals surface area contributed by atoms with Gasteiger partial charge in [-0.05, 0) is 31.0 Å². The van der Waals surface area contributed by atoms with Gasteiger partial charge in [0.25, 0.3) is 0 Å². The van der Waals surface area contributed by atoms with E-state index in [4.69, 9.17) is 16.9 Å². The van der Waals surface area contributed by atoms with Gasteiger partial charge in [-0.1, -0.05) is 11.6 Å². The highest BCUT2D eigenvalue weighted by molar-refractivity contribution is 7.89. The van der Waals surface area contributed by atoms with Crippen molar-refractivity contribution < 1.29 is 13.2 Å². The van der Waals surface area contributed by atoms with E-state index < -0.39 is 10.0 Å². The van der Waals surface area contributed by atoms with Gasteiger partial charge in [-0.3, -0.25) is 4.79 Å². The summed E-state index contributed by atoms with van der Waals surface area (Å²) in [7, 11) is -3.76. The Kier molecular flexibility index (Phi) is 4.83. The highest BCUT2D eigenvalue weighted by Gasteiger charge is 2.29. The van der Waals surface area contributed by atoms with Crippen molar-refractivity contribution in [3.63, 3.8) is 0 Å². The molecule has 0 heterocycles. The second kappa shape index (κ2) is 6.43. The molecule has 0 bridgehead atoms. The van der Waals surface area contributed by atoms with E-state index in [1.807, 2.05) is 6.07 Å². The number of nitriles is 1. The number of carbonyl (C=O) groups is 1. The second-order valence-electron chi connectivity index (χ2n) is 4.72. The molecule has 0 aliphatic heterocycles. The van der Waals surface area contributed by atoms with Crippen molar-refractivity contribution in [3.8, 4) is 6.07 Å². The number of halogens is 1. The van der Waals surface area contributed by atoms with Crippen LogP contribution in [0.25, 0.3) is 0 Å². The van der Waals surface area contributed by atoms with Crippen molar-refractivity contribution in [2.75, 3.05) is 13.1 Å². The Labute approximate surface area is 128 Å². The number of amides is 1. The van der Waals surface area contributed by atoms with E-state index in [0.717, 1.165) is 12.8 Å². The van der Waals surface area contributed by atoms with E-state index in [1.54, 1.807) is 0 Å². The third kappa shape index (κ3) is 4.17. The van der Waals surface area contributed by atoms with E-state index in [-0.39, 0.29) is 40.4 Å². The minimum absolute atomic E-state index is 0.0106. The fraction of sp³-hybridized carbons (Fsp3) is 0.385. The molecule has 21 heavy (non-hydrogen) atoms. The molecule has 1 aromatic carbocycles. The molecular formula is C13H14ClN3O3S. The van der Waals surface area contributed by atoms with E-state index in [9.17, 15) is 13.2 Å². The Bertz CT molecular complexity index is 693. The first-order chi connectivity index (χ1) is 9.94. The van der Waals surface area contributed by atoms with Gasteiger partial charge >= 0.3 is 0 Å². The van der Waals surface area contributed by atoms with Crippen molar-refractivity contribution in [2.45, 2.75) is 17.7 Å². The fourth-order valence-corrected chi connectivity index (χ4v) is 3.30. The minimum Gasteiger partial charge on any atom is -0.355 e. The summed E-state index contributed by atoms with van der Waals surface area (Å²) in [6.45, 7) is 0.305. The quantitative estimate of drug-likeness (QED) is 0.762. The van der Waals surface area contributed by atoms with E-state index in [1.165, 1.54) is 18.2 Å². The lowest BCUT2D eigenvalue weighted by Gasteiger charge is -2.09. The van der Waals surface area contributed by atoms with Crippen molar-refractivity contribution in [2.24, 2.45) is 5.92 Å². The SMILES string of the molecule is N#Cc1ccc(S(=O)(=O)NCCNC(=O)C2CC2)c(Cl)c1. The van der Waals surface area contributed by atoms with Gasteiger partial charge in [0, 0.05) is 19.0 Å². The third-order valence-electron chi connectivity index (χ3n) is 3.01. The van der Waals surface area contributed by atoms with Gasteiger partial charge in [0.05, 0.1) is 16.7 Å². The molecule has 1 saturated carbocycles. The molecule has 0 atom stereocenters. The molecule has 2 rings (SSSR count). The van der Waals surface area contributed by atoms with Gasteiger partial charge in [0.15, 0.2) is 0 Å². The lowest BCUT2D eigenvalue weighted by molar-refractivity contribution is -0.122. The molecule has 2 N–H and O–H groups in total. The molecule has 6 nitrogen and oxygen atoms in total. The van der Waals surface area contributed by atoms with Crippen molar-refractivity contribution in [3.05, 3.63) is 28.8 Å². The first-order valence-corrected chi connectivity index (χ1v) is 8.27. The van der Waals surface area contributed by atoms with Crippen LogP contribution in [-0.2, 0) is 14.8 Å². The molecule has 0 radical (unpaired) electrons. The Morgan fingerprint density at radius 3 is 2.67 bits per heavy atom. The molecule has 0 aromatic heterocycles. The zero-order valence-electron chi connectivity index (χ0n) is 11.1. The number of sulfonamides is 1. The van der Waals surface area contributed by atoms with Gasteiger partial charge in [0.2, 0.25) is 15.9 Å². The molecule has 1 aliphatic rings. The van der Waals surface area contributed by atoms with E-state index >= 15 is 0 Å². The van der Waals surface area contributed by atoms with Gasteiger partial charge in [-0.2, -0.15) is 5.26 Å². The number of hydrogen-bond acceptors (Lipinski definition) is 4. The molecule has 1 aromatic rings. The summed E-state index contributed by atoms with van der Waals surface area (Å²) in [4.78, 5) is 11.3. The maximum absolute atomic E-state index is 12.1. The molecular weight excluding hydrogens is 314 g/mol. The number of hydrogen-bond donors (Lipinski definition) is 2. The van der Waals surface area contributed by atoms with Gasteiger partial charge < -0.3 is 5.32 Å². The zero-order valence-corrected chi connectivity index (χ0v) is 12.7. The van der Waals surface area contributed by atoms with Crippen LogP contribution < -0.4 is 10.0 Å². The predicted octanol–water partition coefficient (Wildman–Crippen LogP) is 1.02. The normalized spacial score (nSPS) is 14.5. The summed E-state index contributed by atoms with van der Waals surface area (Å²) in [5.41, 5.74) is 0.288. The van der Waals surface area contributed by atoms with Crippen LogP contribution in [0.1, 0.15) is 18.4 Å². The lowest BCUT2D eigenvalue weighted by atomic mass is 10.2. The van der Waals surface area contributed by atoms with E-state index in [0.29, 0.717) is 0 Å². The highest BCUT2D eigenvalue weighted by atomic mass is 35.5. The zero-order chi connectivity index (χ0) is 15.5. The molecule has 0 unspecified atom stereocenters. The molecule has 0 spiro atoms. The van der Waals surface area contributed by atoms with Crippen LogP contribution in [0.3, 0.4) is 0 Å². The van der Waals surface area contributed by atoms with Crippen LogP contribution in [-0.4, -0.2) is 27.4 Å². The summed E-state index contributed by atoms with van der Waals surface area (Å²) >= 11 is 5.87. The maximum Gasteiger partial charge on any atom is 0.242 e. The van der Waals surface area contributed by atoms with Crippen LogP contribution in [0, 0.1) is 17.2 Å². The first-order valence-electron chi connectivity index (χ1n) is 6.41. The fourth-order valence-electron chi connectivity index (χ4n) is 1.73. The number of carbonyl (C=O) groups excluding carboxylic acids is 1. The van der Waals surface area contributed by atoms with Crippen molar-refractivity contribution in [1.82, 2.24) is 10.0 Å². The second-order valence-corrected chi connectivity index (χ2v) is 6.86. The van der Waals surface area contributed by atoms with Crippen molar-refractivity contribution in [1.29, 1.82) is 5.26 Å². The summed E-state index contributed by atoms with van der Waals surface area (Å²) in [5, 5.41) is 11.4. The van der Waals surface area contributed by atoms with Crippen LogP contribution >= 0.6 is 11.6 Å². The largest absolute Gasteiger partial charge is 0.355 e. The molecule has 1 amide bonds. The summed E-state index contributed by atoms with van der Waals surface area (Å²) in [6.07, 6.45) is 1.80.